The maximum Gasteiger partial charge on any atom is 0.337 e. The van der Waals surface area contributed by atoms with Gasteiger partial charge in [0.05, 0.1) is 5.56 Å². The zero-order valence-electron chi connectivity index (χ0n) is 8.08. The number of aryl methyl sites for hydroxylation is 1. The predicted molar refractivity (Wildman–Crippen MR) is 55.3 cm³/mol. The zero-order chi connectivity index (χ0) is 10.6. The van der Waals surface area contributed by atoms with Gasteiger partial charge in [0.25, 0.3) is 0 Å². The van der Waals surface area contributed by atoms with Crippen molar-refractivity contribution in [1.82, 2.24) is 0 Å². The molecule has 1 aromatic carbocycles. The Balaban J connectivity index is 3.30. The molecule has 0 saturated heterocycles. The maximum absolute atomic E-state index is 11.0. The van der Waals surface area contributed by atoms with Crippen molar-refractivity contribution in [1.29, 1.82) is 0 Å². The van der Waals surface area contributed by atoms with Crippen molar-refractivity contribution in [2.24, 2.45) is 0 Å². The molecule has 0 amide bonds. The lowest BCUT2D eigenvalue weighted by Gasteiger charge is -2.06. The van der Waals surface area contributed by atoms with Crippen molar-refractivity contribution < 1.29 is 9.90 Å². The Morgan fingerprint density at radius 2 is 2.29 bits per heavy atom. The molecule has 0 spiro atoms. The summed E-state index contributed by atoms with van der Waals surface area (Å²) < 4.78 is 0. The van der Waals surface area contributed by atoms with Crippen LogP contribution in [0.5, 0.6) is 0 Å². The molecule has 0 aliphatic rings. The van der Waals surface area contributed by atoms with E-state index in [0.717, 1.165) is 18.4 Å². The smallest absolute Gasteiger partial charge is 0.337 e. The first-order valence-corrected chi connectivity index (χ1v) is 4.52. The summed E-state index contributed by atoms with van der Waals surface area (Å²) in [6.45, 7) is 2.01. The lowest BCUT2D eigenvalue weighted by molar-refractivity contribution is 0.0695. The lowest BCUT2D eigenvalue weighted by Crippen LogP contribution is -2.05. The number of benzene rings is 1. The van der Waals surface area contributed by atoms with Crippen LogP contribution in [0.2, 0.25) is 0 Å². The van der Waals surface area contributed by atoms with Gasteiger partial charge in [0, 0.05) is 5.56 Å². The molecule has 72 valence electrons. The summed E-state index contributed by atoms with van der Waals surface area (Å²) in [5.41, 5.74) is 1.55. The normalized spacial score (nSPS) is 9.43. The van der Waals surface area contributed by atoms with Gasteiger partial charge in [-0.1, -0.05) is 31.4 Å². The first-order chi connectivity index (χ1) is 6.70. The predicted octanol–water partition coefficient (Wildman–Crippen LogP) is 2.32. The van der Waals surface area contributed by atoms with Crippen molar-refractivity contribution >= 4 is 5.97 Å². The van der Waals surface area contributed by atoms with Gasteiger partial charge < -0.3 is 5.11 Å². The van der Waals surface area contributed by atoms with Gasteiger partial charge in [0.1, 0.15) is 0 Å². The van der Waals surface area contributed by atoms with Crippen LogP contribution in [-0.4, -0.2) is 11.1 Å². The molecule has 1 rings (SSSR count). The van der Waals surface area contributed by atoms with E-state index >= 15 is 0 Å². The second-order valence-corrected chi connectivity index (χ2v) is 3.04. The number of carbonyl (C=O) groups is 1. The van der Waals surface area contributed by atoms with Gasteiger partial charge >= 0.3 is 5.97 Å². The number of rotatable bonds is 3. The third-order valence-electron chi connectivity index (χ3n) is 2.04. The molecule has 0 saturated carbocycles. The Kier molecular flexibility index (Phi) is 3.30. The second-order valence-electron chi connectivity index (χ2n) is 3.04. The van der Waals surface area contributed by atoms with Gasteiger partial charge in [-0.25, -0.2) is 4.79 Å². The van der Waals surface area contributed by atoms with E-state index in [4.69, 9.17) is 11.5 Å². The summed E-state index contributed by atoms with van der Waals surface area (Å²) in [5.74, 6) is 1.45. The fraction of sp³-hybridized carbons (Fsp3) is 0.250. The van der Waals surface area contributed by atoms with E-state index in [1.54, 1.807) is 12.1 Å². The van der Waals surface area contributed by atoms with Crippen LogP contribution in [0.4, 0.5) is 0 Å². The third kappa shape index (κ3) is 1.94. The van der Waals surface area contributed by atoms with Crippen LogP contribution in [0.15, 0.2) is 18.2 Å². The standard InChI is InChI=1S/C12H12O2/c1-3-6-10-8-5-7-9(4-2)11(10)12(13)14/h2,5,7-8H,3,6H2,1H3,(H,13,14). The zero-order valence-corrected chi connectivity index (χ0v) is 8.08. The van der Waals surface area contributed by atoms with Gasteiger partial charge in [0.2, 0.25) is 0 Å². The fourth-order valence-electron chi connectivity index (χ4n) is 1.45. The molecule has 1 aromatic rings. The minimum Gasteiger partial charge on any atom is -0.478 e. The maximum atomic E-state index is 11.0. The molecule has 0 bridgehead atoms. The molecular formula is C12H12O2. The number of aromatic carboxylic acids is 1. The molecule has 0 aromatic heterocycles. The molecule has 0 heterocycles. The molecule has 2 nitrogen and oxygen atoms in total. The van der Waals surface area contributed by atoms with E-state index < -0.39 is 5.97 Å². The molecule has 0 aliphatic heterocycles. The van der Waals surface area contributed by atoms with Gasteiger partial charge in [-0.2, -0.15) is 0 Å². The lowest BCUT2D eigenvalue weighted by atomic mass is 9.98. The topological polar surface area (TPSA) is 37.3 Å². The molecule has 14 heavy (non-hydrogen) atoms. The molecule has 0 radical (unpaired) electrons. The van der Waals surface area contributed by atoms with E-state index in [9.17, 15) is 4.79 Å². The number of carboxylic acids is 1. The van der Waals surface area contributed by atoms with Crippen molar-refractivity contribution in [3.63, 3.8) is 0 Å². The van der Waals surface area contributed by atoms with Crippen molar-refractivity contribution in [2.45, 2.75) is 19.8 Å². The Morgan fingerprint density at radius 3 is 2.79 bits per heavy atom. The van der Waals surface area contributed by atoms with Gasteiger partial charge in [-0.3, -0.25) is 0 Å². The highest BCUT2D eigenvalue weighted by molar-refractivity contribution is 5.92. The molecule has 2 heteroatoms. The van der Waals surface area contributed by atoms with Crippen LogP contribution in [0.3, 0.4) is 0 Å². The fourth-order valence-corrected chi connectivity index (χ4v) is 1.45. The van der Waals surface area contributed by atoms with E-state index in [1.165, 1.54) is 0 Å². The Labute approximate surface area is 83.6 Å². The van der Waals surface area contributed by atoms with Crippen molar-refractivity contribution in [2.75, 3.05) is 0 Å². The largest absolute Gasteiger partial charge is 0.478 e. The highest BCUT2D eigenvalue weighted by atomic mass is 16.4. The van der Waals surface area contributed by atoms with Gasteiger partial charge in [0.15, 0.2) is 0 Å². The average Bonchev–Trinajstić information content (AvgIpc) is 2.17. The number of carboxylic acid groups (broad SMARTS) is 1. The molecule has 0 fully saturated rings. The minimum absolute atomic E-state index is 0.275. The first-order valence-electron chi connectivity index (χ1n) is 4.52. The summed E-state index contributed by atoms with van der Waals surface area (Å²) in [5, 5.41) is 9.01. The Bertz CT molecular complexity index is 386. The monoisotopic (exact) mass is 188 g/mol. The van der Waals surface area contributed by atoms with E-state index in [-0.39, 0.29) is 5.56 Å². The highest BCUT2D eigenvalue weighted by Crippen LogP contribution is 2.15. The SMILES string of the molecule is C#Cc1cccc(CCC)c1C(=O)O. The number of terminal acetylenes is 1. The molecular weight excluding hydrogens is 176 g/mol. The number of hydrogen-bond donors (Lipinski definition) is 1. The Morgan fingerprint density at radius 1 is 1.57 bits per heavy atom. The van der Waals surface area contributed by atoms with Gasteiger partial charge in [-0.15, -0.1) is 6.42 Å². The van der Waals surface area contributed by atoms with E-state index in [0.29, 0.717) is 5.56 Å². The Hall–Kier alpha value is -1.75. The summed E-state index contributed by atoms with van der Waals surface area (Å²) >= 11 is 0. The summed E-state index contributed by atoms with van der Waals surface area (Å²) in [6.07, 6.45) is 6.90. The van der Waals surface area contributed by atoms with Crippen LogP contribution < -0.4 is 0 Å². The summed E-state index contributed by atoms with van der Waals surface area (Å²) in [7, 11) is 0. The summed E-state index contributed by atoms with van der Waals surface area (Å²) in [4.78, 5) is 11.0. The summed E-state index contributed by atoms with van der Waals surface area (Å²) in [6, 6.07) is 5.27. The molecule has 0 aliphatic carbocycles. The van der Waals surface area contributed by atoms with E-state index in [1.807, 2.05) is 13.0 Å². The second kappa shape index (κ2) is 4.48. The number of hydrogen-bond acceptors (Lipinski definition) is 1. The minimum atomic E-state index is -0.943. The first kappa shape index (κ1) is 10.3. The van der Waals surface area contributed by atoms with Crippen LogP contribution in [0.25, 0.3) is 0 Å². The highest BCUT2D eigenvalue weighted by Gasteiger charge is 2.12. The molecule has 0 atom stereocenters. The van der Waals surface area contributed by atoms with Crippen LogP contribution in [0, 0.1) is 12.3 Å². The van der Waals surface area contributed by atoms with Crippen molar-refractivity contribution in [3.8, 4) is 12.3 Å². The third-order valence-corrected chi connectivity index (χ3v) is 2.04. The van der Waals surface area contributed by atoms with Gasteiger partial charge in [-0.05, 0) is 18.1 Å². The quantitative estimate of drug-likeness (QED) is 0.739. The van der Waals surface area contributed by atoms with Crippen LogP contribution in [-0.2, 0) is 6.42 Å². The van der Waals surface area contributed by atoms with Crippen molar-refractivity contribution in [3.05, 3.63) is 34.9 Å². The van der Waals surface area contributed by atoms with Crippen LogP contribution >= 0.6 is 0 Å². The van der Waals surface area contributed by atoms with E-state index in [2.05, 4.69) is 5.92 Å². The molecule has 1 N–H and O–H groups in total. The molecule has 0 unspecified atom stereocenters. The van der Waals surface area contributed by atoms with Crippen LogP contribution in [0.1, 0.15) is 34.8 Å². The average molecular weight is 188 g/mol.